The zero-order valence-electron chi connectivity index (χ0n) is 10.5. The van der Waals surface area contributed by atoms with Crippen molar-refractivity contribution < 1.29 is 9.47 Å². The topological polar surface area (TPSA) is 44.5 Å². The van der Waals surface area contributed by atoms with E-state index >= 15 is 0 Å². The van der Waals surface area contributed by atoms with Crippen LogP contribution < -0.4 is 10.5 Å². The molecule has 0 amide bonds. The van der Waals surface area contributed by atoms with E-state index in [1.807, 2.05) is 12.1 Å². The summed E-state index contributed by atoms with van der Waals surface area (Å²) in [7, 11) is 1.63. The lowest BCUT2D eigenvalue weighted by atomic mass is 9.59. The average molecular weight is 268 g/mol. The summed E-state index contributed by atoms with van der Waals surface area (Å²) in [6, 6.07) is 6.43. The second-order valence-corrected chi connectivity index (χ2v) is 5.83. The number of methoxy groups -OCH3 is 1. The predicted octanol–water partition coefficient (Wildman–Crippen LogP) is 2.35. The zero-order valence-corrected chi connectivity index (χ0v) is 11.2. The van der Waals surface area contributed by atoms with Crippen molar-refractivity contribution in [1.82, 2.24) is 0 Å². The minimum Gasteiger partial charge on any atom is -0.495 e. The van der Waals surface area contributed by atoms with Crippen LogP contribution in [0.15, 0.2) is 18.2 Å². The molecule has 4 heteroatoms. The SMILES string of the molecule is COc1ccc(C2(C3CC(N)C3)COC2)cc1Cl. The van der Waals surface area contributed by atoms with E-state index in [0.29, 0.717) is 17.0 Å². The van der Waals surface area contributed by atoms with Crippen LogP contribution in [-0.2, 0) is 10.2 Å². The Labute approximate surface area is 112 Å². The molecule has 3 rings (SSSR count). The summed E-state index contributed by atoms with van der Waals surface area (Å²) in [6.07, 6.45) is 2.18. The van der Waals surface area contributed by atoms with E-state index in [1.165, 1.54) is 5.56 Å². The van der Waals surface area contributed by atoms with Gasteiger partial charge in [-0.3, -0.25) is 0 Å². The van der Waals surface area contributed by atoms with Crippen LogP contribution in [0.25, 0.3) is 0 Å². The van der Waals surface area contributed by atoms with Gasteiger partial charge in [-0.15, -0.1) is 0 Å². The van der Waals surface area contributed by atoms with Crippen LogP contribution in [0, 0.1) is 5.92 Å². The largest absolute Gasteiger partial charge is 0.495 e. The normalized spacial score (nSPS) is 29.3. The van der Waals surface area contributed by atoms with Crippen molar-refractivity contribution >= 4 is 11.6 Å². The molecule has 1 saturated heterocycles. The minimum absolute atomic E-state index is 0.131. The maximum absolute atomic E-state index is 6.22. The molecule has 1 aliphatic heterocycles. The Hall–Kier alpha value is -0.770. The fraction of sp³-hybridized carbons (Fsp3) is 0.571. The van der Waals surface area contributed by atoms with Gasteiger partial charge in [0.05, 0.1) is 25.3 Å². The van der Waals surface area contributed by atoms with Gasteiger partial charge in [-0.2, -0.15) is 0 Å². The van der Waals surface area contributed by atoms with Gasteiger partial charge >= 0.3 is 0 Å². The standard InChI is InChI=1S/C14H18ClNO2/c1-17-13-3-2-9(6-12(13)15)14(7-18-8-14)10-4-11(16)5-10/h2-3,6,10-11H,4-5,7-8,16H2,1H3. The van der Waals surface area contributed by atoms with Crippen LogP contribution in [0.2, 0.25) is 5.02 Å². The molecule has 2 N–H and O–H groups in total. The Bertz CT molecular complexity index is 453. The molecule has 1 aliphatic carbocycles. The molecular formula is C14H18ClNO2. The van der Waals surface area contributed by atoms with E-state index in [0.717, 1.165) is 31.8 Å². The summed E-state index contributed by atoms with van der Waals surface area (Å²) in [5.41, 5.74) is 7.30. The lowest BCUT2D eigenvalue weighted by Crippen LogP contribution is -2.58. The molecular weight excluding hydrogens is 250 g/mol. The van der Waals surface area contributed by atoms with Crippen LogP contribution in [0.5, 0.6) is 5.75 Å². The van der Waals surface area contributed by atoms with E-state index in [1.54, 1.807) is 7.11 Å². The molecule has 0 atom stereocenters. The second kappa shape index (κ2) is 4.41. The number of halogens is 1. The Balaban J connectivity index is 1.90. The lowest BCUT2D eigenvalue weighted by Gasteiger charge is -2.53. The predicted molar refractivity (Wildman–Crippen MR) is 71.2 cm³/mol. The fourth-order valence-electron chi connectivity index (χ4n) is 3.05. The monoisotopic (exact) mass is 267 g/mol. The van der Waals surface area contributed by atoms with Gasteiger partial charge < -0.3 is 15.2 Å². The summed E-state index contributed by atoms with van der Waals surface area (Å²) < 4.78 is 10.7. The molecule has 3 nitrogen and oxygen atoms in total. The van der Waals surface area contributed by atoms with Crippen LogP contribution in [0.3, 0.4) is 0 Å². The first kappa shape index (κ1) is 12.3. The maximum Gasteiger partial charge on any atom is 0.137 e. The molecule has 98 valence electrons. The summed E-state index contributed by atoms with van der Waals surface area (Å²) >= 11 is 6.22. The van der Waals surface area contributed by atoms with Gasteiger partial charge in [0.15, 0.2) is 0 Å². The molecule has 18 heavy (non-hydrogen) atoms. The van der Waals surface area contributed by atoms with Gasteiger partial charge in [-0.25, -0.2) is 0 Å². The van der Waals surface area contributed by atoms with Crippen LogP contribution >= 0.6 is 11.6 Å². The highest BCUT2D eigenvalue weighted by atomic mass is 35.5. The third-order valence-electron chi connectivity index (χ3n) is 4.40. The van der Waals surface area contributed by atoms with Crippen molar-refractivity contribution in [3.05, 3.63) is 28.8 Å². The molecule has 0 bridgehead atoms. The van der Waals surface area contributed by atoms with Crippen molar-refractivity contribution in [1.29, 1.82) is 0 Å². The number of hydrogen-bond acceptors (Lipinski definition) is 3. The highest BCUT2D eigenvalue weighted by molar-refractivity contribution is 6.32. The van der Waals surface area contributed by atoms with Gasteiger partial charge in [0.2, 0.25) is 0 Å². The summed E-state index contributed by atoms with van der Waals surface area (Å²) in [4.78, 5) is 0. The quantitative estimate of drug-likeness (QED) is 0.914. The summed E-state index contributed by atoms with van der Waals surface area (Å²) in [5.74, 6) is 1.35. The third-order valence-corrected chi connectivity index (χ3v) is 4.70. The van der Waals surface area contributed by atoms with E-state index in [4.69, 9.17) is 26.8 Å². The Morgan fingerprint density at radius 3 is 2.56 bits per heavy atom. The van der Waals surface area contributed by atoms with Gasteiger partial charge in [-0.1, -0.05) is 17.7 Å². The van der Waals surface area contributed by atoms with E-state index < -0.39 is 0 Å². The Morgan fingerprint density at radius 1 is 1.39 bits per heavy atom. The van der Waals surface area contributed by atoms with Crippen molar-refractivity contribution in [3.8, 4) is 5.75 Å². The van der Waals surface area contributed by atoms with E-state index in [-0.39, 0.29) is 5.41 Å². The first-order valence-corrected chi connectivity index (χ1v) is 6.71. The first-order chi connectivity index (χ1) is 8.65. The number of rotatable bonds is 3. The van der Waals surface area contributed by atoms with E-state index in [2.05, 4.69) is 6.07 Å². The molecule has 1 aromatic carbocycles. The minimum atomic E-state index is 0.131. The van der Waals surface area contributed by atoms with Gasteiger partial charge in [-0.05, 0) is 36.5 Å². The molecule has 1 aromatic rings. The second-order valence-electron chi connectivity index (χ2n) is 5.43. The van der Waals surface area contributed by atoms with Crippen molar-refractivity contribution in [2.75, 3.05) is 20.3 Å². The molecule has 1 heterocycles. The van der Waals surface area contributed by atoms with Crippen molar-refractivity contribution in [2.24, 2.45) is 11.7 Å². The molecule has 0 aromatic heterocycles. The number of benzene rings is 1. The average Bonchev–Trinajstić information content (AvgIpc) is 2.25. The first-order valence-electron chi connectivity index (χ1n) is 6.33. The van der Waals surface area contributed by atoms with Gasteiger partial charge in [0, 0.05) is 11.5 Å². The van der Waals surface area contributed by atoms with Crippen LogP contribution in [0.4, 0.5) is 0 Å². The van der Waals surface area contributed by atoms with Crippen LogP contribution in [-0.4, -0.2) is 26.4 Å². The number of nitrogens with two attached hydrogens (primary N) is 1. The van der Waals surface area contributed by atoms with Crippen molar-refractivity contribution in [2.45, 2.75) is 24.3 Å². The molecule has 1 saturated carbocycles. The van der Waals surface area contributed by atoms with Crippen LogP contribution in [0.1, 0.15) is 18.4 Å². The summed E-state index contributed by atoms with van der Waals surface area (Å²) in [6.45, 7) is 1.57. The smallest absolute Gasteiger partial charge is 0.137 e. The van der Waals surface area contributed by atoms with Crippen molar-refractivity contribution in [3.63, 3.8) is 0 Å². The van der Waals surface area contributed by atoms with Gasteiger partial charge in [0.25, 0.3) is 0 Å². The molecule has 2 aliphatic rings. The fourth-order valence-corrected chi connectivity index (χ4v) is 3.31. The third kappa shape index (κ3) is 1.73. The number of ether oxygens (including phenoxy) is 2. The summed E-state index contributed by atoms with van der Waals surface area (Å²) in [5, 5.41) is 0.671. The van der Waals surface area contributed by atoms with Gasteiger partial charge in [0.1, 0.15) is 5.75 Å². The highest BCUT2D eigenvalue weighted by Gasteiger charge is 2.51. The Kier molecular flexibility index (Phi) is 3.00. The molecule has 0 radical (unpaired) electrons. The number of hydrogen-bond donors (Lipinski definition) is 1. The maximum atomic E-state index is 6.22. The highest BCUT2D eigenvalue weighted by Crippen LogP contribution is 2.49. The lowest BCUT2D eigenvalue weighted by molar-refractivity contribution is -0.111. The molecule has 2 fully saturated rings. The Morgan fingerprint density at radius 2 is 2.11 bits per heavy atom. The molecule has 0 spiro atoms. The molecule has 0 unspecified atom stereocenters. The zero-order chi connectivity index (χ0) is 12.8. The van der Waals surface area contributed by atoms with E-state index in [9.17, 15) is 0 Å².